The Bertz CT molecular complexity index is 923. The van der Waals surface area contributed by atoms with Crippen LogP contribution >= 0.6 is 11.6 Å². The summed E-state index contributed by atoms with van der Waals surface area (Å²) in [6.45, 7) is 3.54. The van der Waals surface area contributed by atoms with Crippen molar-refractivity contribution in [2.24, 2.45) is 5.92 Å². The van der Waals surface area contributed by atoms with E-state index in [1.807, 2.05) is 0 Å². The van der Waals surface area contributed by atoms with Crippen LogP contribution in [0.25, 0.3) is 0 Å². The number of esters is 1. The van der Waals surface area contributed by atoms with Gasteiger partial charge in [0.25, 0.3) is 5.91 Å². The Labute approximate surface area is 180 Å². The second kappa shape index (κ2) is 9.76. The van der Waals surface area contributed by atoms with Crippen LogP contribution in [0.4, 0.5) is 5.69 Å². The molecule has 0 spiro atoms. The molecule has 158 valence electrons. The van der Waals surface area contributed by atoms with Gasteiger partial charge in [-0.1, -0.05) is 29.8 Å². The highest BCUT2D eigenvalue weighted by atomic mass is 35.5. The van der Waals surface area contributed by atoms with E-state index in [1.54, 1.807) is 62.4 Å². The number of nitrogens with one attached hydrogen (secondary N) is 2. The number of carbonyl (C=O) groups excluding carboxylic acids is 3. The minimum atomic E-state index is -0.633. The lowest BCUT2D eigenvalue weighted by atomic mass is 10.0. The van der Waals surface area contributed by atoms with E-state index in [1.165, 1.54) is 0 Å². The third-order valence-electron chi connectivity index (χ3n) is 4.69. The number of hydrogen-bond acceptors (Lipinski definition) is 4. The van der Waals surface area contributed by atoms with Crippen LogP contribution in [-0.2, 0) is 14.3 Å². The standard InChI is InChI=1S/C23H25ClN2O4/c1-14(2)30-21(27)13-20(18-5-3-4-6-19(18)24)26-23(29)16-9-11-17(12-10-16)25-22(28)15-7-8-15/h3-6,9-12,14-15,20H,7-8,13H2,1-2H3,(H,25,28)(H,26,29). The van der Waals surface area contributed by atoms with Gasteiger partial charge in [0, 0.05) is 22.2 Å². The van der Waals surface area contributed by atoms with Crippen LogP contribution in [-0.4, -0.2) is 23.9 Å². The van der Waals surface area contributed by atoms with Crippen molar-refractivity contribution < 1.29 is 19.1 Å². The van der Waals surface area contributed by atoms with Crippen LogP contribution in [0.1, 0.15) is 55.1 Å². The number of hydrogen-bond donors (Lipinski definition) is 2. The average molecular weight is 429 g/mol. The summed E-state index contributed by atoms with van der Waals surface area (Å²) in [6.07, 6.45) is 1.56. The molecular weight excluding hydrogens is 404 g/mol. The molecule has 30 heavy (non-hydrogen) atoms. The predicted molar refractivity (Wildman–Crippen MR) is 115 cm³/mol. The molecule has 6 nitrogen and oxygen atoms in total. The highest BCUT2D eigenvalue weighted by Crippen LogP contribution is 2.30. The largest absolute Gasteiger partial charge is 0.463 e. The minimum Gasteiger partial charge on any atom is -0.463 e. The van der Waals surface area contributed by atoms with Gasteiger partial charge in [0.15, 0.2) is 0 Å². The molecular formula is C23H25ClN2O4. The van der Waals surface area contributed by atoms with Crippen molar-refractivity contribution in [2.75, 3.05) is 5.32 Å². The topological polar surface area (TPSA) is 84.5 Å². The molecule has 0 heterocycles. The maximum Gasteiger partial charge on any atom is 0.308 e. The zero-order chi connectivity index (χ0) is 21.7. The zero-order valence-electron chi connectivity index (χ0n) is 17.0. The van der Waals surface area contributed by atoms with Crippen LogP contribution in [0.3, 0.4) is 0 Å². The van der Waals surface area contributed by atoms with E-state index >= 15 is 0 Å². The van der Waals surface area contributed by atoms with Gasteiger partial charge < -0.3 is 15.4 Å². The maximum atomic E-state index is 12.8. The molecule has 2 aromatic rings. The summed E-state index contributed by atoms with van der Waals surface area (Å²) in [5, 5.41) is 6.17. The van der Waals surface area contributed by atoms with E-state index in [-0.39, 0.29) is 30.3 Å². The number of ether oxygens (including phenoxy) is 1. The number of carbonyl (C=O) groups is 3. The molecule has 1 saturated carbocycles. The van der Waals surface area contributed by atoms with Crippen molar-refractivity contribution in [1.29, 1.82) is 0 Å². The molecule has 2 amide bonds. The van der Waals surface area contributed by atoms with Crippen molar-refractivity contribution in [3.05, 3.63) is 64.7 Å². The molecule has 1 fully saturated rings. The summed E-state index contributed by atoms with van der Waals surface area (Å²) in [5.41, 5.74) is 1.70. The van der Waals surface area contributed by atoms with E-state index in [0.717, 1.165) is 12.8 Å². The second-order valence-electron chi connectivity index (χ2n) is 7.63. The van der Waals surface area contributed by atoms with Crippen LogP contribution < -0.4 is 10.6 Å². The van der Waals surface area contributed by atoms with E-state index in [0.29, 0.717) is 21.8 Å². The van der Waals surface area contributed by atoms with Crippen molar-refractivity contribution in [2.45, 2.75) is 45.3 Å². The quantitative estimate of drug-likeness (QED) is 0.606. The van der Waals surface area contributed by atoms with Gasteiger partial charge in [-0.15, -0.1) is 0 Å². The third-order valence-corrected chi connectivity index (χ3v) is 5.03. The number of halogens is 1. The van der Waals surface area contributed by atoms with Crippen molar-refractivity contribution >= 4 is 35.1 Å². The Balaban J connectivity index is 1.71. The third kappa shape index (κ3) is 6.07. The van der Waals surface area contributed by atoms with Gasteiger partial charge >= 0.3 is 5.97 Å². The van der Waals surface area contributed by atoms with Crippen molar-refractivity contribution in [3.8, 4) is 0 Å². The van der Waals surface area contributed by atoms with Gasteiger partial charge in [0.1, 0.15) is 0 Å². The first-order valence-electron chi connectivity index (χ1n) is 9.99. The summed E-state index contributed by atoms with van der Waals surface area (Å²) in [5.74, 6) is -0.657. The molecule has 0 bridgehead atoms. The molecule has 3 rings (SSSR count). The summed E-state index contributed by atoms with van der Waals surface area (Å²) in [7, 11) is 0. The van der Waals surface area contributed by atoms with Crippen LogP contribution in [0, 0.1) is 5.92 Å². The molecule has 1 atom stereocenters. The Morgan fingerprint density at radius 1 is 1.07 bits per heavy atom. The van der Waals surface area contributed by atoms with Gasteiger partial charge in [0.2, 0.25) is 5.91 Å². The molecule has 0 radical (unpaired) electrons. The van der Waals surface area contributed by atoms with Crippen molar-refractivity contribution in [3.63, 3.8) is 0 Å². The first kappa shape index (κ1) is 21.8. The van der Waals surface area contributed by atoms with E-state index in [9.17, 15) is 14.4 Å². The zero-order valence-corrected chi connectivity index (χ0v) is 17.7. The maximum absolute atomic E-state index is 12.8. The van der Waals surface area contributed by atoms with Gasteiger partial charge in [-0.25, -0.2) is 0 Å². The minimum absolute atomic E-state index is 0.00894. The molecule has 7 heteroatoms. The second-order valence-corrected chi connectivity index (χ2v) is 8.04. The Morgan fingerprint density at radius 3 is 2.33 bits per heavy atom. The monoisotopic (exact) mass is 428 g/mol. The number of benzene rings is 2. The SMILES string of the molecule is CC(C)OC(=O)CC(NC(=O)c1ccc(NC(=O)C2CC2)cc1)c1ccccc1Cl. The molecule has 2 N–H and O–H groups in total. The van der Waals surface area contributed by atoms with E-state index in [2.05, 4.69) is 10.6 Å². The van der Waals surface area contributed by atoms with Crippen LogP contribution in [0.5, 0.6) is 0 Å². The normalized spacial score (nSPS) is 14.1. The summed E-state index contributed by atoms with van der Waals surface area (Å²) >= 11 is 6.29. The lowest BCUT2D eigenvalue weighted by Gasteiger charge is -2.20. The van der Waals surface area contributed by atoms with Gasteiger partial charge in [-0.2, -0.15) is 0 Å². The molecule has 1 aliphatic carbocycles. The van der Waals surface area contributed by atoms with Gasteiger partial charge in [-0.05, 0) is 62.6 Å². The summed E-state index contributed by atoms with van der Waals surface area (Å²) in [6, 6.07) is 13.1. The van der Waals surface area contributed by atoms with E-state index in [4.69, 9.17) is 16.3 Å². The van der Waals surface area contributed by atoms with E-state index < -0.39 is 12.0 Å². The lowest BCUT2D eigenvalue weighted by molar-refractivity contribution is -0.148. The fourth-order valence-electron chi connectivity index (χ4n) is 3.01. The molecule has 0 saturated heterocycles. The number of rotatable bonds is 8. The smallest absolute Gasteiger partial charge is 0.308 e. The summed E-state index contributed by atoms with van der Waals surface area (Å²) < 4.78 is 5.23. The van der Waals surface area contributed by atoms with Crippen molar-refractivity contribution in [1.82, 2.24) is 5.32 Å². The van der Waals surface area contributed by atoms with Crippen LogP contribution in [0.15, 0.2) is 48.5 Å². The fourth-order valence-corrected chi connectivity index (χ4v) is 3.28. The Kier molecular flexibility index (Phi) is 7.11. The lowest BCUT2D eigenvalue weighted by Crippen LogP contribution is -2.31. The highest BCUT2D eigenvalue weighted by molar-refractivity contribution is 6.31. The Hall–Kier alpha value is -2.86. The highest BCUT2D eigenvalue weighted by Gasteiger charge is 2.29. The van der Waals surface area contributed by atoms with Gasteiger partial charge in [0.05, 0.1) is 18.6 Å². The molecule has 0 aromatic heterocycles. The summed E-state index contributed by atoms with van der Waals surface area (Å²) in [4.78, 5) is 36.9. The molecule has 1 aliphatic rings. The van der Waals surface area contributed by atoms with Gasteiger partial charge in [-0.3, -0.25) is 14.4 Å². The molecule has 1 unspecified atom stereocenters. The average Bonchev–Trinajstić information content (AvgIpc) is 3.53. The number of anilines is 1. The number of amides is 2. The first-order valence-corrected chi connectivity index (χ1v) is 10.4. The molecule has 2 aromatic carbocycles. The Morgan fingerprint density at radius 2 is 1.73 bits per heavy atom. The first-order chi connectivity index (χ1) is 14.3. The predicted octanol–water partition coefficient (Wildman–Crippen LogP) is 4.50. The fraction of sp³-hybridized carbons (Fsp3) is 0.348. The molecule has 0 aliphatic heterocycles. The van der Waals surface area contributed by atoms with Crippen LogP contribution in [0.2, 0.25) is 5.02 Å².